The molecule has 0 N–H and O–H groups in total. The fourth-order valence-electron chi connectivity index (χ4n) is 20.1. The van der Waals surface area contributed by atoms with Gasteiger partial charge < -0.3 is 19.0 Å². The summed E-state index contributed by atoms with van der Waals surface area (Å²) < 4.78 is 13.6. The van der Waals surface area contributed by atoms with E-state index in [2.05, 4.69) is 330 Å². The van der Waals surface area contributed by atoms with E-state index in [1.165, 1.54) is 239 Å². The Morgan fingerprint density at radius 1 is 0.246 bits per heavy atom. The Kier molecular flexibility index (Phi) is 30.6. The van der Waals surface area contributed by atoms with E-state index in [9.17, 15) is 0 Å². The van der Waals surface area contributed by atoms with Crippen LogP contribution >= 0.6 is 0 Å². The molecule has 0 aliphatic heterocycles. The van der Waals surface area contributed by atoms with Gasteiger partial charge in [0.15, 0.2) is 0 Å². The van der Waals surface area contributed by atoms with Crippen LogP contribution in [-0.2, 0) is 10.8 Å². The Labute approximate surface area is 731 Å². The van der Waals surface area contributed by atoms with Gasteiger partial charge in [-0.25, -0.2) is 0 Å². The molecule has 0 unspecified atom stereocenters. The third-order valence-corrected chi connectivity index (χ3v) is 26.6. The summed E-state index contributed by atoms with van der Waals surface area (Å²) in [7, 11) is 0. The summed E-state index contributed by atoms with van der Waals surface area (Å²) in [5, 5.41) is 10.1. The van der Waals surface area contributed by atoms with Gasteiger partial charge in [0.2, 0.25) is 11.8 Å². The minimum absolute atomic E-state index is 0.316. The molecule has 1 aromatic heterocycles. The quantitative estimate of drug-likeness (QED) is 0.0354. The molecular formula is C116H132N4O2. The van der Waals surface area contributed by atoms with Crippen molar-refractivity contribution in [2.75, 3.05) is 16.4 Å². The first-order valence-electron chi connectivity index (χ1n) is 47.6. The van der Waals surface area contributed by atoms with E-state index < -0.39 is 0 Å². The molecule has 13 aromatic rings. The van der Waals surface area contributed by atoms with Gasteiger partial charge in [-0.15, -0.1) is 10.2 Å². The lowest BCUT2D eigenvalue weighted by atomic mass is 9.69. The molecule has 12 aromatic carbocycles. The lowest BCUT2D eigenvalue weighted by Crippen LogP contribution is -2.26. The summed E-state index contributed by atoms with van der Waals surface area (Å²) in [6, 6.07) is 108. The predicted octanol–water partition coefficient (Wildman–Crippen LogP) is 35.3. The van der Waals surface area contributed by atoms with E-state index in [0.717, 1.165) is 120 Å². The summed E-state index contributed by atoms with van der Waals surface area (Å²) in [5.74, 6) is 1.80. The maximum atomic E-state index is 7.21. The minimum Gasteiger partial charge on any atom is -0.494 e. The third kappa shape index (κ3) is 20.3. The molecule has 0 saturated heterocycles. The molecule has 0 bridgehead atoms. The molecule has 15 rings (SSSR count). The summed E-state index contributed by atoms with van der Waals surface area (Å²) in [6.07, 6.45) is 41.0. The maximum Gasteiger partial charge on any atom is 0.248 e. The first-order chi connectivity index (χ1) is 60.3. The van der Waals surface area contributed by atoms with Crippen molar-refractivity contribution in [3.05, 3.63) is 307 Å². The van der Waals surface area contributed by atoms with E-state index in [4.69, 9.17) is 19.4 Å². The maximum absolute atomic E-state index is 7.21. The average molecular weight is 1610 g/mol. The Morgan fingerprint density at radius 3 is 0.885 bits per heavy atom. The van der Waals surface area contributed by atoms with Crippen LogP contribution in [0.2, 0.25) is 0 Å². The first-order valence-corrected chi connectivity index (χ1v) is 47.6. The Morgan fingerprint density at radius 2 is 0.533 bits per heavy atom. The topological polar surface area (TPSA) is 54.6 Å². The van der Waals surface area contributed by atoms with Crippen molar-refractivity contribution in [3.63, 3.8) is 0 Å². The van der Waals surface area contributed by atoms with Crippen LogP contribution in [0.4, 0.5) is 34.1 Å². The lowest BCUT2D eigenvalue weighted by molar-refractivity contribution is 0.304. The highest BCUT2D eigenvalue weighted by molar-refractivity contribution is 6.01. The number of unbranched alkanes of at least 4 members (excludes halogenated alkanes) is 25. The van der Waals surface area contributed by atoms with Crippen molar-refractivity contribution in [2.45, 2.75) is 264 Å². The van der Waals surface area contributed by atoms with Gasteiger partial charge in [-0.2, -0.15) is 0 Å². The van der Waals surface area contributed by atoms with Gasteiger partial charge in [0.05, 0.1) is 18.0 Å². The highest BCUT2D eigenvalue weighted by Crippen LogP contribution is 2.63. The number of para-hydroxylation sites is 4. The number of anilines is 6. The zero-order valence-corrected chi connectivity index (χ0v) is 74.0. The van der Waals surface area contributed by atoms with Crippen molar-refractivity contribution in [3.8, 4) is 95.4 Å². The molecule has 2 aliphatic rings. The van der Waals surface area contributed by atoms with Crippen LogP contribution in [0, 0.1) is 0 Å². The molecule has 2 aliphatic carbocycles. The highest BCUT2D eigenvalue weighted by atomic mass is 16.5. The largest absolute Gasteiger partial charge is 0.494 e. The first kappa shape index (κ1) is 86.1. The van der Waals surface area contributed by atoms with Gasteiger partial charge in [-0.1, -0.05) is 379 Å². The molecule has 1 heterocycles. The van der Waals surface area contributed by atoms with Gasteiger partial charge in [-0.05, 0) is 237 Å². The van der Waals surface area contributed by atoms with E-state index in [1.807, 2.05) is 0 Å². The molecular weight excluding hydrogens is 1480 g/mol. The van der Waals surface area contributed by atoms with Gasteiger partial charge in [0.25, 0.3) is 0 Å². The monoisotopic (exact) mass is 1610 g/mol. The highest BCUT2D eigenvalue weighted by Gasteiger charge is 2.47. The summed E-state index contributed by atoms with van der Waals surface area (Å²) in [5.41, 5.74) is 28.6. The molecule has 0 atom stereocenters. The average Bonchev–Trinajstić information content (AvgIpc) is 1.55. The van der Waals surface area contributed by atoms with Crippen molar-refractivity contribution < 1.29 is 9.15 Å². The molecule has 0 radical (unpaired) electrons. The smallest absolute Gasteiger partial charge is 0.248 e. The number of hydrogen-bond donors (Lipinski definition) is 0. The molecule has 0 spiro atoms. The number of hydrogen-bond acceptors (Lipinski definition) is 6. The van der Waals surface area contributed by atoms with E-state index in [1.54, 1.807) is 0 Å². The zero-order chi connectivity index (χ0) is 83.6. The molecule has 0 saturated carbocycles. The van der Waals surface area contributed by atoms with Crippen LogP contribution in [0.5, 0.6) is 5.75 Å². The van der Waals surface area contributed by atoms with Crippen molar-refractivity contribution in [2.24, 2.45) is 0 Å². The van der Waals surface area contributed by atoms with Crippen molar-refractivity contribution in [1.82, 2.24) is 10.2 Å². The second kappa shape index (κ2) is 43.3. The fraction of sp³-hybridized carbons (Fsp3) is 0.362. The number of ether oxygens (including phenoxy) is 1. The van der Waals surface area contributed by atoms with Crippen molar-refractivity contribution >= 4 is 34.1 Å². The number of fused-ring (bicyclic) bond motifs is 6. The molecule has 628 valence electrons. The SMILES string of the molecule is CCCCCCCCOc1ccc(-c2nnc(-c3cc(-c4cc(N(c5ccccc5)c5ccccc5)c5c(c4)C(CCCCCCCC)(CCCCCCCC)c4cc(-c6ccccc6)ccc4-5)cc(-c4cc(N(c5ccccc5)c5ccccc5)c5c(c4)C(CCCCCCCC)(CCCCCCCC)c4cc(-c6ccccc6)ccc4-5)c3)o2)cc1. The number of benzene rings is 12. The van der Waals surface area contributed by atoms with Crippen LogP contribution in [-0.4, -0.2) is 16.8 Å². The molecule has 0 amide bonds. The van der Waals surface area contributed by atoms with E-state index in [-0.39, 0.29) is 10.8 Å². The minimum atomic E-state index is -0.316. The summed E-state index contributed by atoms with van der Waals surface area (Å²) in [4.78, 5) is 5.15. The van der Waals surface area contributed by atoms with E-state index >= 15 is 0 Å². The normalized spacial score (nSPS) is 12.8. The standard InChI is InChI=1S/C116H132N4O2/c1-6-11-16-21-26-49-74-115(75-50-27-22-17-12-7-2)105-82-91(88-54-37-31-38-55-88)68-72-103(105)111-107(115)84-95(86-109(111)119(98-58-41-33-42-59-98)99-60-43-34-44-61-99)93-79-94(81-97(80-93)114-118-117-113(122-114)90-66-70-102(71-67-90)121-78-53-30-25-20-15-10-5)96-85-108-112(110(87-96)120(100-62-45-35-46-63-100)101-64-47-36-48-65-101)104-73-69-92(89-56-39-32-40-57-89)83-106(104)116(108,76-51-28-23-18-13-8-3)77-52-29-24-19-14-9-4/h31-48,54-73,79-87H,6-30,49-53,74-78H2,1-5H3. The number of rotatable bonds is 48. The van der Waals surface area contributed by atoms with Crippen LogP contribution in [0.1, 0.15) is 275 Å². The molecule has 6 nitrogen and oxygen atoms in total. The Hall–Kier alpha value is -10.8. The summed E-state index contributed by atoms with van der Waals surface area (Å²) >= 11 is 0. The predicted molar refractivity (Wildman–Crippen MR) is 520 cm³/mol. The zero-order valence-electron chi connectivity index (χ0n) is 74.0. The van der Waals surface area contributed by atoms with E-state index in [0.29, 0.717) is 18.4 Å². The van der Waals surface area contributed by atoms with Crippen LogP contribution in [0.3, 0.4) is 0 Å². The molecule has 122 heavy (non-hydrogen) atoms. The third-order valence-electron chi connectivity index (χ3n) is 26.6. The van der Waals surface area contributed by atoms with Crippen LogP contribution < -0.4 is 14.5 Å². The fourth-order valence-corrected chi connectivity index (χ4v) is 20.1. The second-order valence-corrected chi connectivity index (χ2v) is 35.2. The molecule has 0 fully saturated rings. The van der Waals surface area contributed by atoms with Crippen molar-refractivity contribution in [1.29, 1.82) is 0 Å². The van der Waals surface area contributed by atoms with Crippen LogP contribution in [0.25, 0.3) is 89.7 Å². The lowest BCUT2D eigenvalue weighted by Gasteiger charge is -2.35. The number of nitrogens with zero attached hydrogens (tertiary/aromatic N) is 4. The van der Waals surface area contributed by atoms with Gasteiger partial charge in [0, 0.05) is 55.8 Å². The van der Waals surface area contributed by atoms with Gasteiger partial charge in [-0.3, -0.25) is 0 Å². The number of aromatic nitrogens is 2. The Bertz CT molecular complexity index is 4990. The van der Waals surface area contributed by atoms with Gasteiger partial charge >= 0.3 is 0 Å². The van der Waals surface area contributed by atoms with Gasteiger partial charge in [0.1, 0.15) is 5.75 Å². The van der Waals surface area contributed by atoms with Crippen LogP contribution in [0.15, 0.2) is 290 Å². The second-order valence-electron chi connectivity index (χ2n) is 35.2. The molecule has 6 heteroatoms. The summed E-state index contributed by atoms with van der Waals surface area (Å²) in [6.45, 7) is 12.3. The Balaban J connectivity index is 1.01.